The second-order valence-electron chi connectivity index (χ2n) is 7.65. The predicted molar refractivity (Wildman–Crippen MR) is 123 cm³/mol. The van der Waals surface area contributed by atoms with Crippen LogP contribution in [0.5, 0.6) is 11.5 Å². The van der Waals surface area contributed by atoms with Crippen LogP contribution in [0.1, 0.15) is 11.6 Å². The van der Waals surface area contributed by atoms with Crippen molar-refractivity contribution >= 4 is 11.6 Å². The lowest BCUT2D eigenvalue weighted by Crippen LogP contribution is -2.53. The monoisotopic (exact) mass is 411 g/mol. The Bertz CT molecular complexity index is 847. The Labute approximate surface area is 179 Å². The molecule has 1 aliphatic rings. The van der Waals surface area contributed by atoms with Gasteiger partial charge in [0.1, 0.15) is 11.5 Å². The number of likely N-dealkylation sites (N-methyl/N-ethyl adjacent to an activating group) is 1. The first-order valence-electron chi connectivity index (χ1n) is 10.3. The van der Waals surface area contributed by atoms with E-state index in [2.05, 4.69) is 51.2 Å². The van der Waals surface area contributed by atoms with E-state index < -0.39 is 0 Å². The molecule has 1 fully saturated rings. The maximum atomic E-state index is 10.1. The van der Waals surface area contributed by atoms with E-state index in [0.717, 1.165) is 50.1 Å². The molecule has 0 aromatic heterocycles. The summed E-state index contributed by atoms with van der Waals surface area (Å²) >= 11 is 0. The number of ether oxygens (including phenoxy) is 1. The third kappa shape index (κ3) is 5.16. The molecule has 3 rings (SSSR count). The molecule has 7 nitrogen and oxygen atoms in total. The van der Waals surface area contributed by atoms with Gasteiger partial charge in [-0.2, -0.15) is 0 Å². The summed E-state index contributed by atoms with van der Waals surface area (Å²) < 4.78 is 5.39. The summed E-state index contributed by atoms with van der Waals surface area (Å²) in [6.07, 6.45) is 0. The predicted octanol–water partition coefficient (Wildman–Crippen LogP) is 2.40. The minimum Gasteiger partial charge on any atom is -0.506 e. The van der Waals surface area contributed by atoms with Crippen LogP contribution in [-0.4, -0.2) is 81.8 Å². The van der Waals surface area contributed by atoms with E-state index in [4.69, 9.17) is 4.74 Å². The molecule has 1 heterocycles. The van der Waals surface area contributed by atoms with Crippen LogP contribution in [0.2, 0.25) is 0 Å². The third-order valence-corrected chi connectivity index (χ3v) is 5.57. The van der Waals surface area contributed by atoms with Crippen molar-refractivity contribution in [1.82, 2.24) is 15.1 Å². The van der Waals surface area contributed by atoms with Crippen molar-refractivity contribution in [1.29, 1.82) is 0 Å². The van der Waals surface area contributed by atoms with Crippen molar-refractivity contribution in [3.63, 3.8) is 0 Å². The molecule has 2 N–H and O–H groups in total. The highest BCUT2D eigenvalue weighted by Gasteiger charge is 2.22. The number of para-hydroxylation sites is 2. The zero-order valence-corrected chi connectivity index (χ0v) is 18.4. The molecule has 0 amide bonds. The van der Waals surface area contributed by atoms with Crippen LogP contribution < -0.4 is 15.0 Å². The van der Waals surface area contributed by atoms with E-state index in [9.17, 15) is 5.11 Å². The van der Waals surface area contributed by atoms with Gasteiger partial charge in [-0.15, -0.1) is 0 Å². The van der Waals surface area contributed by atoms with Gasteiger partial charge in [0.15, 0.2) is 5.96 Å². The van der Waals surface area contributed by atoms with Crippen LogP contribution in [0.25, 0.3) is 0 Å². The number of anilines is 1. The van der Waals surface area contributed by atoms with Gasteiger partial charge in [-0.05, 0) is 43.9 Å². The Hall–Kier alpha value is -2.93. The van der Waals surface area contributed by atoms with Gasteiger partial charge < -0.3 is 29.9 Å². The number of hydrogen-bond donors (Lipinski definition) is 2. The summed E-state index contributed by atoms with van der Waals surface area (Å²) in [6, 6.07) is 15.9. The minimum absolute atomic E-state index is 0.194. The number of benzene rings is 2. The fourth-order valence-corrected chi connectivity index (χ4v) is 3.86. The molecule has 0 aliphatic carbocycles. The maximum Gasteiger partial charge on any atom is 0.193 e. The second-order valence-corrected chi connectivity index (χ2v) is 7.65. The lowest BCUT2D eigenvalue weighted by molar-refractivity contribution is 0.291. The molecule has 1 atom stereocenters. The Morgan fingerprint density at radius 1 is 1.13 bits per heavy atom. The number of methoxy groups -OCH3 is 1. The maximum absolute atomic E-state index is 10.1. The minimum atomic E-state index is 0.194. The fraction of sp³-hybridized carbons (Fsp3) is 0.435. The molecular formula is C23H33N5O2. The van der Waals surface area contributed by atoms with Gasteiger partial charge >= 0.3 is 0 Å². The van der Waals surface area contributed by atoms with Crippen LogP contribution in [0.3, 0.4) is 0 Å². The summed E-state index contributed by atoms with van der Waals surface area (Å²) in [5.41, 5.74) is 2.09. The molecule has 30 heavy (non-hydrogen) atoms. The molecule has 7 heteroatoms. The van der Waals surface area contributed by atoms with Gasteiger partial charge in [0.25, 0.3) is 0 Å². The molecule has 0 saturated carbocycles. The van der Waals surface area contributed by atoms with Crippen molar-refractivity contribution in [2.24, 2.45) is 4.99 Å². The zero-order valence-electron chi connectivity index (χ0n) is 18.4. The summed E-state index contributed by atoms with van der Waals surface area (Å²) in [7, 11) is 7.69. The van der Waals surface area contributed by atoms with E-state index in [1.807, 2.05) is 37.4 Å². The van der Waals surface area contributed by atoms with Crippen molar-refractivity contribution in [3.8, 4) is 11.5 Å². The number of guanidine groups is 1. The van der Waals surface area contributed by atoms with E-state index in [1.165, 1.54) is 5.56 Å². The highest BCUT2D eigenvalue weighted by molar-refractivity contribution is 5.80. The van der Waals surface area contributed by atoms with Crippen LogP contribution in [-0.2, 0) is 0 Å². The smallest absolute Gasteiger partial charge is 0.193 e. The number of nitrogens with zero attached hydrogens (tertiary/aromatic N) is 4. The van der Waals surface area contributed by atoms with Crippen LogP contribution in [0.15, 0.2) is 53.5 Å². The van der Waals surface area contributed by atoms with Crippen LogP contribution in [0.4, 0.5) is 5.69 Å². The first-order valence-corrected chi connectivity index (χ1v) is 10.3. The van der Waals surface area contributed by atoms with E-state index >= 15 is 0 Å². The number of hydrogen-bond acceptors (Lipinski definition) is 5. The van der Waals surface area contributed by atoms with Gasteiger partial charge in [-0.3, -0.25) is 4.99 Å². The summed E-state index contributed by atoms with van der Waals surface area (Å²) in [6.45, 7) is 4.11. The third-order valence-electron chi connectivity index (χ3n) is 5.57. The molecule has 0 radical (unpaired) electrons. The molecule has 0 bridgehead atoms. The highest BCUT2D eigenvalue weighted by Crippen LogP contribution is 2.27. The highest BCUT2D eigenvalue weighted by atomic mass is 16.5. The average molecular weight is 412 g/mol. The number of aliphatic imine (C=N–C) groups is 1. The Kier molecular flexibility index (Phi) is 7.41. The van der Waals surface area contributed by atoms with Crippen molar-refractivity contribution in [3.05, 3.63) is 54.1 Å². The topological polar surface area (TPSA) is 63.6 Å². The van der Waals surface area contributed by atoms with Gasteiger partial charge in [-0.1, -0.05) is 24.3 Å². The quantitative estimate of drug-likeness (QED) is 0.562. The fourth-order valence-electron chi connectivity index (χ4n) is 3.86. The number of nitrogens with one attached hydrogen (secondary N) is 1. The normalized spacial score (nSPS) is 16.0. The SMILES string of the molecule is CN=C(NCC(c1cccc(OC)c1)N(C)C)N1CCN(c2ccccc2O)CC1. The number of aromatic hydroxyl groups is 1. The van der Waals surface area contributed by atoms with E-state index in [1.54, 1.807) is 13.2 Å². The van der Waals surface area contributed by atoms with Crippen molar-refractivity contribution < 1.29 is 9.84 Å². The first kappa shape index (κ1) is 21.8. The van der Waals surface area contributed by atoms with Gasteiger partial charge in [0.05, 0.1) is 18.8 Å². The van der Waals surface area contributed by atoms with Crippen LogP contribution in [0, 0.1) is 0 Å². The largest absolute Gasteiger partial charge is 0.506 e. The van der Waals surface area contributed by atoms with Gasteiger partial charge in [-0.25, -0.2) is 0 Å². The standard InChI is InChI=1S/C23H33N5O2/c1-24-23(25-17-21(26(2)3)18-8-7-9-19(16-18)30-4)28-14-12-27(13-15-28)20-10-5-6-11-22(20)29/h5-11,16,21,29H,12-15,17H2,1-4H3,(H,24,25). The van der Waals surface area contributed by atoms with E-state index in [-0.39, 0.29) is 6.04 Å². The van der Waals surface area contributed by atoms with E-state index in [0.29, 0.717) is 5.75 Å². The van der Waals surface area contributed by atoms with Gasteiger partial charge in [0, 0.05) is 39.8 Å². The summed E-state index contributed by atoms with van der Waals surface area (Å²) in [5, 5.41) is 13.7. The lowest BCUT2D eigenvalue weighted by Gasteiger charge is -2.38. The first-order chi connectivity index (χ1) is 14.5. The number of rotatable bonds is 6. The van der Waals surface area contributed by atoms with Crippen LogP contribution >= 0.6 is 0 Å². The zero-order chi connectivity index (χ0) is 21.5. The lowest BCUT2D eigenvalue weighted by atomic mass is 10.1. The molecule has 1 aliphatic heterocycles. The molecule has 1 saturated heterocycles. The number of piperazine rings is 1. The molecule has 0 spiro atoms. The second kappa shape index (κ2) is 10.2. The number of phenols is 1. The molecule has 1 unspecified atom stereocenters. The Balaban J connectivity index is 1.60. The molecule has 2 aromatic rings. The van der Waals surface area contributed by atoms with Crippen molar-refractivity contribution in [2.45, 2.75) is 6.04 Å². The molecular weight excluding hydrogens is 378 g/mol. The Morgan fingerprint density at radius 3 is 2.50 bits per heavy atom. The molecule has 2 aromatic carbocycles. The Morgan fingerprint density at radius 2 is 1.87 bits per heavy atom. The molecule has 162 valence electrons. The van der Waals surface area contributed by atoms with Crippen molar-refractivity contribution in [2.75, 3.05) is 65.9 Å². The summed E-state index contributed by atoms with van der Waals surface area (Å²) in [5.74, 6) is 2.10. The average Bonchev–Trinajstić information content (AvgIpc) is 2.77. The van der Waals surface area contributed by atoms with Gasteiger partial charge in [0.2, 0.25) is 0 Å². The summed E-state index contributed by atoms with van der Waals surface area (Å²) in [4.78, 5) is 11.2. The number of phenolic OH excluding ortho intramolecular Hbond substituents is 1.